The van der Waals surface area contributed by atoms with Crippen LogP contribution < -0.4 is 5.32 Å². The van der Waals surface area contributed by atoms with Gasteiger partial charge in [0.05, 0.1) is 28.8 Å². The zero-order chi connectivity index (χ0) is 29.6. The number of thiazole rings is 1. The number of aromatic nitrogens is 1. The van der Waals surface area contributed by atoms with E-state index in [2.05, 4.69) is 19.2 Å². The van der Waals surface area contributed by atoms with Gasteiger partial charge in [-0.25, -0.2) is 18.2 Å². The summed E-state index contributed by atoms with van der Waals surface area (Å²) in [6.45, 7) is 6.04. The van der Waals surface area contributed by atoms with Gasteiger partial charge in [-0.15, -0.1) is 22.7 Å². The Labute approximate surface area is 253 Å². The number of fused-ring (bicyclic) bond motifs is 2. The predicted octanol–water partition coefficient (Wildman–Crippen LogP) is 6.07. The Morgan fingerprint density at radius 1 is 1.02 bits per heavy atom. The molecule has 2 aromatic carbocycles. The second-order valence-electron chi connectivity index (χ2n) is 11.1. The largest absolute Gasteiger partial charge is 0.453 e. The molecule has 2 unspecified atom stereocenters. The number of nitrogens with one attached hydrogen (secondary N) is 1. The molecule has 0 spiro atoms. The maximum Gasteiger partial charge on any atom is 0.409 e. The van der Waals surface area contributed by atoms with Gasteiger partial charge in [-0.05, 0) is 66.6 Å². The second kappa shape index (κ2) is 11.4. The van der Waals surface area contributed by atoms with Crippen LogP contribution in [0.2, 0.25) is 0 Å². The van der Waals surface area contributed by atoms with Gasteiger partial charge in [0.25, 0.3) is 5.91 Å². The molecular formula is C30H32N4O5S3. The number of carbonyl (C=O) groups is 2. The molecule has 2 atom stereocenters. The first-order valence-electron chi connectivity index (χ1n) is 13.9. The van der Waals surface area contributed by atoms with E-state index in [0.29, 0.717) is 55.0 Å². The SMILES string of the molecule is COC(=O)N1CCc2c(sc(NC(=O)c3ccc(S(=O)(=O)N4CC(C)CC(C)C4)cc3)c2-c2nc3ccccc3s2)C1. The lowest BCUT2D eigenvalue weighted by Gasteiger charge is -2.34. The van der Waals surface area contributed by atoms with E-state index in [1.54, 1.807) is 32.7 Å². The molecule has 1 fully saturated rings. The lowest BCUT2D eigenvalue weighted by molar-refractivity contribution is 0.102. The molecule has 9 nitrogen and oxygen atoms in total. The van der Waals surface area contributed by atoms with Crippen molar-refractivity contribution < 1.29 is 22.7 Å². The maximum atomic E-state index is 13.5. The van der Waals surface area contributed by atoms with Gasteiger partial charge in [0.1, 0.15) is 10.0 Å². The first-order valence-corrected chi connectivity index (χ1v) is 17.0. The molecule has 0 aliphatic carbocycles. The van der Waals surface area contributed by atoms with Crippen molar-refractivity contribution >= 4 is 59.9 Å². The highest BCUT2D eigenvalue weighted by Gasteiger charge is 2.32. The van der Waals surface area contributed by atoms with Crippen molar-refractivity contribution in [3.63, 3.8) is 0 Å². The summed E-state index contributed by atoms with van der Waals surface area (Å²) in [5.41, 5.74) is 3.19. The summed E-state index contributed by atoms with van der Waals surface area (Å²) in [7, 11) is -2.28. The number of hydrogen-bond donors (Lipinski definition) is 1. The molecule has 0 bridgehead atoms. The van der Waals surface area contributed by atoms with Crippen LogP contribution in [0.4, 0.5) is 9.80 Å². The smallest absolute Gasteiger partial charge is 0.409 e. The molecule has 4 aromatic rings. The van der Waals surface area contributed by atoms with Gasteiger partial charge in [0.15, 0.2) is 0 Å². The minimum Gasteiger partial charge on any atom is -0.453 e. The molecule has 12 heteroatoms. The van der Waals surface area contributed by atoms with Gasteiger partial charge >= 0.3 is 6.09 Å². The van der Waals surface area contributed by atoms with Gasteiger partial charge in [-0.3, -0.25) is 4.79 Å². The number of anilines is 1. The van der Waals surface area contributed by atoms with Crippen molar-refractivity contribution in [1.29, 1.82) is 0 Å². The quantitative estimate of drug-likeness (QED) is 0.289. The molecule has 0 radical (unpaired) electrons. The summed E-state index contributed by atoms with van der Waals surface area (Å²) in [6.07, 6.45) is 1.24. The van der Waals surface area contributed by atoms with E-state index in [-0.39, 0.29) is 16.9 Å². The number of benzene rings is 2. The van der Waals surface area contributed by atoms with Crippen LogP contribution in [0.1, 0.15) is 41.1 Å². The topological polar surface area (TPSA) is 109 Å². The molecule has 220 valence electrons. The Bertz CT molecular complexity index is 1720. The average Bonchev–Trinajstić information content (AvgIpc) is 3.56. The van der Waals surface area contributed by atoms with E-state index < -0.39 is 10.0 Å². The van der Waals surface area contributed by atoms with Gasteiger partial charge in [0, 0.05) is 35.6 Å². The van der Waals surface area contributed by atoms with Crippen molar-refractivity contribution in [3.05, 3.63) is 64.5 Å². The number of carbonyl (C=O) groups excluding carboxylic acids is 2. The molecule has 6 rings (SSSR count). The number of methoxy groups -OCH3 is 1. The summed E-state index contributed by atoms with van der Waals surface area (Å²) in [5, 5.41) is 4.53. The molecule has 2 amide bonds. The van der Waals surface area contributed by atoms with Crippen LogP contribution in [0.15, 0.2) is 53.4 Å². The summed E-state index contributed by atoms with van der Waals surface area (Å²) in [4.78, 5) is 33.4. The molecule has 2 aliphatic rings. The number of hydrogen-bond acceptors (Lipinski definition) is 8. The van der Waals surface area contributed by atoms with Crippen LogP contribution in [-0.4, -0.2) is 61.4 Å². The summed E-state index contributed by atoms with van der Waals surface area (Å²) in [5.74, 6) is 0.258. The van der Waals surface area contributed by atoms with Crippen LogP contribution >= 0.6 is 22.7 Å². The van der Waals surface area contributed by atoms with E-state index in [1.165, 1.54) is 30.6 Å². The predicted molar refractivity (Wildman–Crippen MR) is 166 cm³/mol. The monoisotopic (exact) mass is 624 g/mol. The highest BCUT2D eigenvalue weighted by molar-refractivity contribution is 7.89. The molecular weight excluding hydrogens is 593 g/mol. The molecule has 4 heterocycles. The number of para-hydroxylation sites is 1. The van der Waals surface area contributed by atoms with Crippen molar-refractivity contribution in [2.45, 2.75) is 38.1 Å². The number of amides is 2. The Morgan fingerprint density at radius 2 is 1.74 bits per heavy atom. The number of ether oxygens (including phenoxy) is 1. The van der Waals surface area contributed by atoms with Crippen LogP contribution in [0.5, 0.6) is 0 Å². The molecule has 42 heavy (non-hydrogen) atoms. The van der Waals surface area contributed by atoms with Crippen LogP contribution in [0, 0.1) is 11.8 Å². The van der Waals surface area contributed by atoms with E-state index in [4.69, 9.17) is 9.72 Å². The van der Waals surface area contributed by atoms with E-state index >= 15 is 0 Å². The lowest BCUT2D eigenvalue weighted by Crippen LogP contribution is -2.42. The summed E-state index contributed by atoms with van der Waals surface area (Å²) >= 11 is 2.99. The summed E-state index contributed by atoms with van der Waals surface area (Å²) < 4.78 is 34.2. The molecule has 2 aliphatic heterocycles. The second-order valence-corrected chi connectivity index (χ2v) is 15.2. The third-order valence-corrected chi connectivity index (χ3v) is 11.8. The highest BCUT2D eigenvalue weighted by Crippen LogP contribution is 2.46. The number of thiophene rings is 1. The molecule has 0 saturated carbocycles. The first-order chi connectivity index (χ1) is 20.1. The third kappa shape index (κ3) is 5.44. The zero-order valence-electron chi connectivity index (χ0n) is 23.6. The number of sulfonamides is 1. The van der Waals surface area contributed by atoms with Gasteiger partial charge in [0.2, 0.25) is 10.0 Å². The normalized spacial score (nSPS) is 19.5. The maximum absolute atomic E-state index is 13.5. The fourth-order valence-corrected chi connectivity index (χ4v) is 9.94. The molecule has 1 N–H and O–H groups in total. The van der Waals surface area contributed by atoms with E-state index in [0.717, 1.165) is 37.6 Å². The van der Waals surface area contributed by atoms with E-state index in [9.17, 15) is 18.0 Å². The average molecular weight is 625 g/mol. The standard InChI is InChI=1S/C30H32N4O5S3/c1-18-14-19(2)16-34(15-18)42(37,38)21-10-8-20(9-11-21)27(35)32-29-26(28-31-23-6-4-5-7-24(23)40-28)22-12-13-33(30(36)39-3)17-25(22)41-29/h4-11,18-19H,12-17H2,1-3H3,(H,32,35). The van der Waals surface area contributed by atoms with Gasteiger partial charge < -0.3 is 15.0 Å². The van der Waals surface area contributed by atoms with Crippen LogP contribution in [-0.2, 0) is 27.7 Å². The third-order valence-electron chi connectivity index (χ3n) is 7.81. The lowest BCUT2D eigenvalue weighted by atomic mass is 9.94. The van der Waals surface area contributed by atoms with Crippen molar-refractivity contribution in [2.75, 3.05) is 32.1 Å². The minimum atomic E-state index is -3.65. The highest BCUT2D eigenvalue weighted by atomic mass is 32.2. The van der Waals surface area contributed by atoms with Crippen molar-refractivity contribution in [3.8, 4) is 10.6 Å². The fourth-order valence-electron chi connectivity index (χ4n) is 5.89. The fraction of sp³-hybridized carbons (Fsp3) is 0.367. The summed E-state index contributed by atoms with van der Waals surface area (Å²) in [6, 6.07) is 14.0. The van der Waals surface area contributed by atoms with Gasteiger partial charge in [-0.2, -0.15) is 4.31 Å². The minimum absolute atomic E-state index is 0.185. The van der Waals surface area contributed by atoms with Crippen LogP contribution in [0.25, 0.3) is 20.8 Å². The van der Waals surface area contributed by atoms with Gasteiger partial charge in [-0.1, -0.05) is 26.0 Å². The molecule has 1 saturated heterocycles. The van der Waals surface area contributed by atoms with Crippen molar-refractivity contribution in [1.82, 2.24) is 14.2 Å². The van der Waals surface area contributed by atoms with E-state index in [1.807, 2.05) is 24.3 Å². The van der Waals surface area contributed by atoms with Crippen LogP contribution in [0.3, 0.4) is 0 Å². The Morgan fingerprint density at radius 3 is 2.43 bits per heavy atom. The number of rotatable bonds is 5. The zero-order valence-corrected chi connectivity index (χ0v) is 26.1. The number of nitrogens with zero attached hydrogens (tertiary/aromatic N) is 3. The molecule has 2 aromatic heterocycles. The Kier molecular flexibility index (Phi) is 7.81. The van der Waals surface area contributed by atoms with Crippen molar-refractivity contribution in [2.24, 2.45) is 11.8 Å². The Balaban J connectivity index is 1.29. The number of piperidine rings is 1. The Hall–Kier alpha value is -3.32. The first kappa shape index (κ1) is 28.8.